The summed E-state index contributed by atoms with van der Waals surface area (Å²) in [7, 11) is 3.46. The SMILES string of the molecule is CN(C)C(CC1N=CNC1=S)C(=O)O. The van der Waals surface area contributed by atoms with E-state index in [0.29, 0.717) is 11.4 Å². The van der Waals surface area contributed by atoms with Gasteiger partial charge < -0.3 is 10.4 Å². The second-order valence-electron chi connectivity index (χ2n) is 3.36. The topological polar surface area (TPSA) is 64.9 Å². The number of thiocarbonyl (C=S) groups is 1. The van der Waals surface area contributed by atoms with Gasteiger partial charge in [-0.1, -0.05) is 12.2 Å². The molecule has 0 aliphatic carbocycles. The number of nitrogens with one attached hydrogen (secondary N) is 1. The van der Waals surface area contributed by atoms with Gasteiger partial charge in [-0.25, -0.2) is 0 Å². The molecule has 1 rings (SSSR count). The van der Waals surface area contributed by atoms with Gasteiger partial charge in [0.25, 0.3) is 0 Å². The van der Waals surface area contributed by atoms with Gasteiger partial charge in [0.05, 0.1) is 6.34 Å². The fraction of sp³-hybridized carbons (Fsp3) is 0.625. The van der Waals surface area contributed by atoms with Crippen molar-refractivity contribution in [2.24, 2.45) is 4.99 Å². The van der Waals surface area contributed by atoms with Crippen LogP contribution < -0.4 is 5.32 Å². The van der Waals surface area contributed by atoms with E-state index < -0.39 is 12.0 Å². The number of likely N-dealkylation sites (N-methyl/N-ethyl adjacent to an activating group) is 1. The highest BCUT2D eigenvalue weighted by atomic mass is 32.1. The van der Waals surface area contributed by atoms with Gasteiger partial charge in [0.2, 0.25) is 0 Å². The Balaban J connectivity index is 2.60. The summed E-state index contributed by atoms with van der Waals surface area (Å²) in [4.78, 5) is 17.2. The van der Waals surface area contributed by atoms with Crippen LogP contribution in [-0.2, 0) is 4.79 Å². The van der Waals surface area contributed by atoms with Crippen LogP contribution in [0.5, 0.6) is 0 Å². The third-order valence-corrected chi connectivity index (χ3v) is 2.51. The van der Waals surface area contributed by atoms with Crippen molar-refractivity contribution in [2.75, 3.05) is 14.1 Å². The number of nitrogens with zero attached hydrogens (tertiary/aromatic N) is 2. The van der Waals surface area contributed by atoms with Crippen molar-refractivity contribution in [3.05, 3.63) is 0 Å². The Morgan fingerprint density at radius 1 is 1.86 bits per heavy atom. The maximum atomic E-state index is 10.9. The maximum absolute atomic E-state index is 10.9. The summed E-state index contributed by atoms with van der Waals surface area (Å²) >= 11 is 4.98. The first-order valence-electron chi connectivity index (χ1n) is 4.23. The molecule has 0 spiro atoms. The third kappa shape index (κ3) is 2.49. The lowest BCUT2D eigenvalue weighted by Gasteiger charge is -2.21. The van der Waals surface area contributed by atoms with E-state index in [2.05, 4.69) is 10.3 Å². The van der Waals surface area contributed by atoms with E-state index in [4.69, 9.17) is 17.3 Å². The van der Waals surface area contributed by atoms with Crippen LogP contribution in [0, 0.1) is 0 Å². The normalized spacial score (nSPS) is 22.5. The number of rotatable bonds is 4. The lowest BCUT2D eigenvalue weighted by Crippen LogP contribution is -2.40. The molecule has 0 amide bonds. The Morgan fingerprint density at radius 3 is 2.86 bits per heavy atom. The van der Waals surface area contributed by atoms with E-state index in [-0.39, 0.29) is 6.04 Å². The number of carbonyl (C=O) groups is 1. The third-order valence-electron chi connectivity index (χ3n) is 2.12. The molecule has 2 N–H and O–H groups in total. The van der Waals surface area contributed by atoms with Crippen molar-refractivity contribution in [1.29, 1.82) is 0 Å². The average molecular weight is 215 g/mol. The van der Waals surface area contributed by atoms with Crippen molar-refractivity contribution in [2.45, 2.75) is 18.5 Å². The molecule has 0 saturated carbocycles. The number of hydrogen-bond donors (Lipinski definition) is 2. The first kappa shape index (κ1) is 11.1. The standard InChI is InChI=1S/C8H13N3O2S/c1-11(2)6(8(12)13)3-5-7(14)10-4-9-5/h4-6H,3H2,1-2H3,(H,12,13)(H,9,10,14). The molecule has 0 radical (unpaired) electrons. The predicted molar refractivity (Wildman–Crippen MR) is 57.7 cm³/mol. The molecule has 14 heavy (non-hydrogen) atoms. The largest absolute Gasteiger partial charge is 0.480 e. The Kier molecular flexibility index (Phi) is 3.54. The summed E-state index contributed by atoms with van der Waals surface area (Å²) in [5.41, 5.74) is 0. The zero-order chi connectivity index (χ0) is 10.7. The molecule has 1 aliphatic heterocycles. The van der Waals surface area contributed by atoms with Crippen LogP contribution >= 0.6 is 12.2 Å². The number of carboxylic acids is 1. The van der Waals surface area contributed by atoms with Crippen molar-refractivity contribution in [3.63, 3.8) is 0 Å². The van der Waals surface area contributed by atoms with E-state index in [1.165, 1.54) is 6.34 Å². The van der Waals surface area contributed by atoms with Gasteiger partial charge in [0.15, 0.2) is 0 Å². The van der Waals surface area contributed by atoms with E-state index in [1.54, 1.807) is 19.0 Å². The summed E-state index contributed by atoms with van der Waals surface area (Å²) in [6.07, 6.45) is 1.92. The first-order valence-corrected chi connectivity index (χ1v) is 4.64. The monoisotopic (exact) mass is 215 g/mol. The Bertz CT molecular complexity index is 278. The number of carboxylic acid groups (broad SMARTS) is 1. The summed E-state index contributed by atoms with van der Waals surface area (Å²) in [6.45, 7) is 0. The van der Waals surface area contributed by atoms with Gasteiger partial charge in [-0.15, -0.1) is 0 Å². The molecule has 0 bridgehead atoms. The van der Waals surface area contributed by atoms with Crippen molar-refractivity contribution < 1.29 is 9.90 Å². The maximum Gasteiger partial charge on any atom is 0.320 e. The molecule has 0 saturated heterocycles. The molecule has 0 aromatic carbocycles. The smallest absolute Gasteiger partial charge is 0.320 e. The zero-order valence-corrected chi connectivity index (χ0v) is 8.91. The number of aliphatic carboxylic acids is 1. The highest BCUT2D eigenvalue weighted by molar-refractivity contribution is 7.80. The van der Waals surface area contributed by atoms with E-state index in [0.717, 1.165) is 0 Å². The highest BCUT2D eigenvalue weighted by Gasteiger charge is 2.27. The Morgan fingerprint density at radius 2 is 2.50 bits per heavy atom. The second-order valence-corrected chi connectivity index (χ2v) is 3.80. The van der Waals surface area contributed by atoms with E-state index in [9.17, 15) is 4.79 Å². The predicted octanol–water partition coefficient (Wildman–Crippen LogP) is -0.281. The van der Waals surface area contributed by atoms with Crippen molar-refractivity contribution in [3.8, 4) is 0 Å². The molecule has 5 nitrogen and oxygen atoms in total. The second kappa shape index (κ2) is 4.47. The molecule has 1 aliphatic rings. The van der Waals surface area contributed by atoms with Gasteiger partial charge in [0.1, 0.15) is 17.1 Å². The molecule has 1 heterocycles. The summed E-state index contributed by atoms with van der Waals surface area (Å²) in [5.74, 6) is -0.847. The van der Waals surface area contributed by atoms with Crippen molar-refractivity contribution in [1.82, 2.24) is 10.2 Å². The van der Waals surface area contributed by atoms with Crippen LogP contribution in [0.3, 0.4) is 0 Å². The molecule has 0 aromatic rings. The molecule has 6 heteroatoms. The van der Waals surface area contributed by atoms with E-state index >= 15 is 0 Å². The molecule has 2 atom stereocenters. The van der Waals surface area contributed by atoms with Crippen LogP contribution in [-0.4, -0.2) is 53.5 Å². The fourth-order valence-electron chi connectivity index (χ4n) is 1.27. The van der Waals surface area contributed by atoms with E-state index in [1.807, 2.05) is 0 Å². The summed E-state index contributed by atoms with van der Waals surface area (Å²) < 4.78 is 0. The first-order chi connectivity index (χ1) is 6.52. The van der Waals surface area contributed by atoms with Gasteiger partial charge in [-0.2, -0.15) is 0 Å². The molecule has 2 unspecified atom stereocenters. The van der Waals surface area contributed by atoms with Crippen LogP contribution in [0.2, 0.25) is 0 Å². The zero-order valence-electron chi connectivity index (χ0n) is 8.10. The Hall–Kier alpha value is -1.01. The minimum atomic E-state index is -0.847. The van der Waals surface area contributed by atoms with Gasteiger partial charge in [0, 0.05) is 6.42 Å². The molecule has 0 aromatic heterocycles. The minimum Gasteiger partial charge on any atom is -0.480 e. The van der Waals surface area contributed by atoms with Crippen LogP contribution in [0.15, 0.2) is 4.99 Å². The summed E-state index contributed by atoms with van der Waals surface area (Å²) in [6, 6.07) is -0.747. The van der Waals surface area contributed by atoms with Crippen LogP contribution in [0.25, 0.3) is 0 Å². The molecule has 78 valence electrons. The average Bonchev–Trinajstić information content (AvgIpc) is 2.46. The minimum absolute atomic E-state index is 0.200. The number of aliphatic imine (C=N–C) groups is 1. The van der Waals surface area contributed by atoms with Gasteiger partial charge >= 0.3 is 5.97 Å². The van der Waals surface area contributed by atoms with Gasteiger partial charge in [-0.05, 0) is 14.1 Å². The van der Waals surface area contributed by atoms with Gasteiger partial charge in [-0.3, -0.25) is 14.7 Å². The molecular weight excluding hydrogens is 202 g/mol. The molecule has 0 fully saturated rings. The van der Waals surface area contributed by atoms with Crippen LogP contribution in [0.4, 0.5) is 0 Å². The molecular formula is C8H13N3O2S. The van der Waals surface area contributed by atoms with Crippen LogP contribution in [0.1, 0.15) is 6.42 Å². The Labute approximate surface area is 87.8 Å². The highest BCUT2D eigenvalue weighted by Crippen LogP contribution is 2.10. The lowest BCUT2D eigenvalue weighted by atomic mass is 10.1. The quantitative estimate of drug-likeness (QED) is 0.631. The van der Waals surface area contributed by atoms with Crippen molar-refractivity contribution >= 4 is 29.5 Å². The lowest BCUT2D eigenvalue weighted by molar-refractivity contribution is -0.142. The number of hydrogen-bond acceptors (Lipinski definition) is 4. The fourth-order valence-corrected chi connectivity index (χ4v) is 1.48. The summed E-state index contributed by atoms with van der Waals surface area (Å²) in [5, 5.41) is 11.7.